The quantitative estimate of drug-likeness (QED) is 0.783. The van der Waals surface area contributed by atoms with Crippen molar-refractivity contribution in [3.8, 4) is 0 Å². The van der Waals surface area contributed by atoms with Crippen molar-refractivity contribution in [3.63, 3.8) is 0 Å². The van der Waals surface area contributed by atoms with Crippen molar-refractivity contribution >= 4 is 0 Å². The smallest absolute Gasteiger partial charge is 0.140 e. The summed E-state index contributed by atoms with van der Waals surface area (Å²) in [4.78, 5) is 0. The molecule has 3 nitrogen and oxygen atoms in total. The first-order chi connectivity index (χ1) is 9.10. The Hall–Kier alpha value is -1.68. The zero-order valence-corrected chi connectivity index (χ0v) is 10.8. The SMILES string of the molecule is CC(O)C(O)(c1ccccc1)c1ccccc1CO. The molecule has 0 amide bonds. The largest absolute Gasteiger partial charge is 0.392 e. The maximum Gasteiger partial charge on any atom is 0.140 e. The lowest BCUT2D eigenvalue weighted by Gasteiger charge is -2.33. The van der Waals surface area contributed by atoms with Crippen LogP contribution >= 0.6 is 0 Å². The van der Waals surface area contributed by atoms with Crippen LogP contribution < -0.4 is 0 Å². The maximum absolute atomic E-state index is 11.0. The van der Waals surface area contributed by atoms with Gasteiger partial charge in [0.1, 0.15) is 5.60 Å². The Labute approximate surface area is 112 Å². The van der Waals surface area contributed by atoms with Crippen LogP contribution in [0.5, 0.6) is 0 Å². The summed E-state index contributed by atoms with van der Waals surface area (Å²) in [5.41, 5.74) is 0.208. The van der Waals surface area contributed by atoms with Crippen molar-refractivity contribution < 1.29 is 15.3 Å². The Bertz CT molecular complexity index is 537. The Kier molecular flexibility index (Phi) is 4.00. The van der Waals surface area contributed by atoms with Gasteiger partial charge in [-0.1, -0.05) is 54.6 Å². The van der Waals surface area contributed by atoms with Crippen molar-refractivity contribution in [1.29, 1.82) is 0 Å². The minimum absolute atomic E-state index is 0.183. The second-order valence-electron chi connectivity index (χ2n) is 4.62. The molecule has 19 heavy (non-hydrogen) atoms. The van der Waals surface area contributed by atoms with Gasteiger partial charge < -0.3 is 15.3 Å². The maximum atomic E-state index is 11.0. The van der Waals surface area contributed by atoms with Crippen molar-refractivity contribution in [1.82, 2.24) is 0 Å². The van der Waals surface area contributed by atoms with E-state index in [0.29, 0.717) is 16.7 Å². The Morgan fingerprint density at radius 1 is 1.00 bits per heavy atom. The van der Waals surface area contributed by atoms with E-state index < -0.39 is 11.7 Å². The Balaban J connectivity index is 2.64. The third kappa shape index (κ3) is 2.40. The molecule has 0 radical (unpaired) electrons. The number of hydrogen-bond acceptors (Lipinski definition) is 3. The number of hydrogen-bond donors (Lipinski definition) is 3. The minimum atomic E-state index is -1.53. The lowest BCUT2D eigenvalue weighted by Crippen LogP contribution is -2.39. The van der Waals surface area contributed by atoms with E-state index in [2.05, 4.69) is 0 Å². The van der Waals surface area contributed by atoms with Crippen molar-refractivity contribution in [2.45, 2.75) is 25.2 Å². The van der Waals surface area contributed by atoms with Crippen LogP contribution in [0.25, 0.3) is 0 Å². The fourth-order valence-corrected chi connectivity index (χ4v) is 2.34. The third-order valence-electron chi connectivity index (χ3n) is 3.42. The van der Waals surface area contributed by atoms with Gasteiger partial charge in [0.05, 0.1) is 12.7 Å². The highest BCUT2D eigenvalue weighted by molar-refractivity contribution is 5.41. The van der Waals surface area contributed by atoms with E-state index in [1.165, 1.54) is 0 Å². The summed E-state index contributed by atoms with van der Waals surface area (Å²) in [5.74, 6) is 0. The van der Waals surface area contributed by atoms with E-state index in [-0.39, 0.29) is 6.61 Å². The van der Waals surface area contributed by atoms with E-state index in [4.69, 9.17) is 0 Å². The van der Waals surface area contributed by atoms with Gasteiger partial charge in [-0.2, -0.15) is 0 Å². The molecule has 0 bridgehead atoms. The van der Waals surface area contributed by atoms with Gasteiger partial charge in [0.15, 0.2) is 0 Å². The first-order valence-corrected chi connectivity index (χ1v) is 6.26. The third-order valence-corrected chi connectivity index (χ3v) is 3.42. The normalized spacial score (nSPS) is 15.8. The zero-order valence-electron chi connectivity index (χ0n) is 10.8. The molecule has 0 heterocycles. The Morgan fingerprint density at radius 3 is 2.16 bits per heavy atom. The zero-order chi connectivity index (χ0) is 13.9. The van der Waals surface area contributed by atoms with Gasteiger partial charge in [-0.25, -0.2) is 0 Å². The molecule has 0 saturated heterocycles. The van der Waals surface area contributed by atoms with Crippen molar-refractivity contribution in [3.05, 3.63) is 71.3 Å². The van der Waals surface area contributed by atoms with Gasteiger partial charge in [0, 0.05) is 0 Å². The number of rotatable bonds is 4. The van der Waals surface area contributed by atoms with Crippen LogP contribution in [-0.2, 0) is 12.2 Å². The highest BCUT2D eigenvalue weighted by Crippen LogP contribution is 2.35. The summed E-state index contributed by atoms with van der Waals surface area (Å²) in [7, 11) is 0. The lowest BCUT2D eigenvalue weighted by atomic mass is 9.80. The van der Waals surface area contributed by atoms with E-state index in [0.717, 1.165) is 0 Å². The predicted molar refractivity (Wildman–Crippen MR) is 73.5 cm³/mol. The van der Waals surface area contributed by atoms with Crippen LogP contribution in [0.15, 0.2) is 54.6 Å². The van der Waals surface area contributed by atoms with Gasteiger partial charge in [-0.05, 0) is 23.6 Å². The molecular weight excluding hydrogens is 240 g/mol. The molecule has 0 aliphatic heterocycles. The molecule has 2 aromatic rings. The average molecular weight is 258 g/mol. The summed E-state index contributed by atoms with van der Waals surface area (Å²) in [6.45, 7) is 1.36. The second kappa shape index (κ2) is 5.53. The van der Waals surface area contributed by atoms with Gasteiger partial charge in [0.2, 0.25) is 0 Å². The van der Waals surface area contributed by atoms with Crippen LogP contribution in [0.4, 0.5) is 0 Å². The predicted octanol–water partition coefficient (Wildman–Crippen LogP) is 1.80. The van der Waals surface area contributed by atoms with Crippen LogP contribution in [-0.4, -0.2) is 21.4 Å². The van der Waals surface area contributed by atoms with Crippen molar-refractivity contribution in [2.75, 3.05) is 0 Å². The molecule has 2 rings (SSSR count). The van der Waals surface area contributed by atoms with E-state index in [9.17, 15) is 15.3 Å². The Morgan fingerprint density at radius 2 is 1.58 bits per heavy atom. The summed E-state index contributed by atoms with van der Waals surface area (Å²) >= 11 is 0. The fourth-order valence-electron chi connectivity index (χ4n) is 2.34. The molecule has 100 valence electrons. The molecule has 0 spiro atoms. The molecule has 0 aliphatic rings. The van der Waals surface area contributed by atoms with Crippen LogP contribution in [0.2, 0.25) is 0 Å². The highest BCUT2D eigenvalue weighted by Gasteiger charge is 2.38. The van der Waals surface area contributed by atoms with Crippen LogP contribution in [0.3, 0.4) is 0 Å². The van der Waals surface area contributed by atoms with E-state index in [1.807, 2.05) is 18.2 Å². The topological polar surface area (TPSA) is 60.7 Å². The lowest BCUT2D eigenvalue weighted by molar-refractivity contribution is -0.0405. The summed E-state index contributed by atoms with van der Waals surface area (Å²) in [5, 5.41) is 30.5. The molecule has 0 saturated carbocycles. The summed E-state index contributed by atoms with van der Waals surface area (Å²) in [6.07, 6.45) is -0.998. The van der Waals surface area contributed by atoms with Gasteiger partial charge in [0.25, 0.3) is 0 Å². The fraction of sp³-hybridized carbons (Fsp3) is 0.250. The highest BCUT2D eigenvalue weighted by atomic mass is 16.3. The van der Waals surface area contributed by atoms with E-state index >= 15 is 0 Å². The molecule has 2 unspecified atom stereocenters. The van der Waals surface area contributed by atoms with Gasteiger partial charge >= 0.3 is 0 Å². The second-order valence-corrected chi connectivity index (χ2v) is 4.62. The monoisotopic (exact) mass is 258 g/mol. The van der Waals surface area contributed by atoms with Gasteiger partial charge in [-0.15, -0.1) is 0 Å². The van der Waals surface area contributed by atoms with Crippen LogP contribution in [0, 0.1) is 0 Å². The molecule has 2 aromatic carbocycles. The average Bonchev–Trinajstić information content (AvgIpc) is 2.47. The number of aliphatic hydroxyl groups excluding tert-OH is 2. The summed E-state index contributed by atoms with van der Waals surface area (Å²) in [6, 6.07) is 16.0. The van der Waals surface area contributed by atoms with E-state index in [1.54, 1.807) is 43.3 Å². The number of benzene rings is 2. The first-order valence-electron chi connectivity index (χ1n) is 6.26. The first kappa shape index (κ1) is 13.7. The standard InChI is InChI=1S/C16H18O3/c1-12(18)16(19,14-8-3-2-4-9-14)15-10-6-5-7-13(15)11-17/h2-10,12,17-19H,11H2,1H3. The molecule has 0 fully saturated rings. The molecule has 0 aliphatic carbocycles. The molecular formula is C16H18O3. The number of aliphatic hydroxyl groups is 3. The van der Waals surface area contributed by atoms with Gasteiger partial charge in [-0.3, -0.25) is 0 Å². The molecule has 0 aromatic heterocycles. The molecule has 2 atom stereocenters. The minimum Gasteiger partial charge on any atom is -0.392 e. The van der Waals surface area contributed by atoms with Crippen LogP contribution in [0.1, 0.15) is 23.6 Å². The summed E-state index contributed by atoms with van der Waals surface area (Å²) < 4.78 is 0. The molecule has 3 N–H and O–H groups in total. The van der Waals surface area contributed by atoms with Crippen molar-refractivity contribution in [2.24, 2.45) is 0 Å². The molecule has 3 heteroatoms.